The molecule has 1 amide bonds. The number of aromatic nitrogens is 1. The van der Waals surface area contributed by atoms with Crippen molar-refractivity contribution < 1.29 is 13.2 Å². The van der Waals surface area contributed by atoms with Gasteiger partial charge in [0.1, 0.15) is 6.54 Å². The van der Waals surface area contributed by atoms with E-state index < -0.39 is 9.84 Å². The van der Waals surface area contributed by atoms with Gasteiger partial charge < -0.3 is 9.88 Å². The molecule has 0 atom stereocenters. The van der Waals surface area contributed by atoms with Crippen LogP contribution in [0.4, 0.5) is 5.69 Å². The molecule has 0 saturated heterocycles. The van der Waals surface area contributed by atoms with Crippen molar-refractivity contribution in [1.82, 2.24) is 4.57 Å². The van der Waals surface area contributed by atoms with E-state index in [1.807, 2.05) is 56.3 Å². The monoisotopic (exact) mass is 466 g/mol. The van der Waals surface area contributed by atoms with E-state index in [9.17, 15) is 13.2 Å². The minimum atomic E-state index is -3.61. The summed E-state index contributed by atoms with van der Waals surface area (Å²) >= 11 is 6.22. The first-order valence-corrected chi connectivity index (χ1v) is 12.2. The number of para-hydroxylation sites is 1. The summed E-state index contributed by atoms with van der Waals surface area (Å²) in [6, 6.07) is 20.0. The SMILES string of the molecule is Cc1ccc(CS(=O)(=O)c2cn(CC(=O)Nc3ccc(C)cc3Cl)c3ccccc23)cc1. The van der Waals surface area contributed by atoms with Crippen LogP contribution in [-0.2, 0) is 26.9 Å². The fraction of sp³-hybridized carbons (Fsp3) is 0.160. The van der Waals surface area contributed by atoms with Crippen LogP contribution in [-0.4, -0.2) is 18.9 Å². The number of fused-ring (bicyclic) bond motifs is 1. The quantitative estimate of drug-likeness (QED) is 0.406. The molecule has 3 aromatic carbocycles. The first-order chi connectivity index (χ1) is 15.2. The molecule has 1 aromatic heterocycles. The van der Waals surface area contributed by atoms with Crippen LogP contribution in [0.15, 0.2) is 77.8 Å². The summed E-state index contributed by atoms with van der Waals surface area (Å²) in [4.78, 5) is 12.9. The average Bonchev–Trinajstić information content (AvgIpc) is 3.11. The topological polar surface area (TPSA) is 68.2 Å². The standard InChI is InChI=1S/C25H23ClN2O3S/c1-17-7-10-19(11-8-17)16-32(30,31)24-14-28(23-6-4-3-5-20(23)24)15-25(29)27-22-12-9-18(2)13-21(22)26/h3-14H,15-16H2,1-2H3,(H,27,29). The molecule has 1 N–H and O–H groups in total. The van der Waals surface area contributed by atoms with Gasteiger partial charge in [-0.3, -0.25) is 4.79 Å². The van der Waals surface area contributed by atoms with Gasteiger partial charge in [-0.15, -0.1) is 0 Å². The molecule has 164 valence electrons. The lowest BCUT2D eigenvalue weighted by Crippen LogP contribution is -2.18. The largest absolute Gasteiger partial charge is 0.337 e. The number of halogens is 1. The maximum absolute atomic E-state index is 13.2. The molecule has 7 heteroatoms. The number of aryl methyl sites for hydroxylation is 2. The Labute approximate surface area is 192 Å². The third-order valence-electron chi connectivity index (χ3n) is 5.28. The maximum Gasteiger partial charge on any atom is 0.244 e. The molecule has 1 heterocycles. The second kappa shape index (κ2) is 8.81. The summed E-state index contributed by atoms with van der Waals surface area (Å²) in [7, 11) is -3.61. The molecule has 0 aliphatic carbocycles. The second-order valence-electron chi connectivity index (χ2n) is 7.91. The van der Waals surface area contributed by atoms with Crippen molar-refractivity contribution >= 4 is 43.9 Å². The molecular weight excluding hydrogens is 444 g/mol. The fourth-order valence-corrected chi connectivity index (χ4v) is 5.50. The van der Waals surface area contributed by atoms with E-state index in [2.05, 4.69) is 5.32 Å². The molecule has 0 unspecified atom stereocenters. The van der Waals surface area contributed by atoms with Gasteiger partial charge in [0.25, 0.3) is 0 Å². The third-order valence-corrected chi connectivity index (χ3v) is 7.30. The Morgan fingerprint density at radius 1 is 0.969 bits per heavy atom. The van der Waals surface area contributed by atoms with Gasteiger partial charge in [0.2, 0.25) is 5.91 Å². The highest BCUT2D eigenvalue weighted by Crippen LogP contribution is 2.29. The van der Waals surface area contributed by atoms with Gasteiger partial charge in [-0.1, -0.05) is 65.7 Å². The summed E-state index contributed by atoms with van der Waals surface area (Å²) in [6.07, 6.45) is 1.55. The lowest BCUT2D eigenvalue weighted by atomic mass is 10.2. The Balaban J connectivity index is 1.63. The van der Waals surface area contributed by atoms with E-state index in [4.69, 9.17) is 11.6 Å². The van der Waals surface area contributed by atoms with Crippen LogP contribution in [0.1, 0.15) is 16.7 Å². The van der Waals surface area contributed by atoms with E-state index in [0.29, 0.717) is 21.6 Å². The number of carbonyl (C=O) groups excluding carboxylic acids is 1. The third kappa shape index (κ3) is 4.71. The van der Waals surface area contributed by atoms with Crippen LogP contribution < -0.4 is 5.32 Å². The molecular formula is C25H23ClN2O3S. The predicted octanol–water partition coefficient (Wildman–Crippen LogP) is 5.52. The van der Waals surface area contributed by atoms with E-state index in [-0.39, 0.29) is 23.1 Å². The molecule has 4 aromatic rings. The zero-order valence-corrected chi connectivity index (χ0v) is 19.4. The lowest BCUT2D eigenvalue weighted by molar-refractivity contribution is -0.116. The van der Waals surface area contributed by atoms with Gasteiger partial charge in [-0.2, -0.15) is 0 Å². The average molecular weight is 467 g/mol. The predicted molar refractivity (Wildman–Crippen MR) is 129 cm³/mol. The minimum absolute atomic E-state index is 0.0369. The smallest absolute Gasteiger partial charge is 0.244 e. The zero-order valence-electron chi connectivity index (χ0n) is 17.8. The van der Waals surface area contributed by atoms with Crippen LogP contribution >= 0.6 is 11.6 Å². The van der Waals surface area contributed by atoms with Gasteiger partial charge in [-0.05, 0) is 43.2 Å². The van der Waals surface area contributed by atoms with E-state index >= 15 is 0 Å². The van der Waals surface area contributed by atoms with Crippen molar-refractivity contribution in [3.8, 4) is 0 Å². The van der Waals surface area contributed by atoms with Gasteiger partial charge >= 0.3 is 0 Å². The number of carbonyl (C=O) groups is 1. The number of sulfone groups is 1. The summed E-state index contributed by atoms with van der Waals surface area (Å²) in [5.41, 5.74) is 3.99. The van der Waals surface area contributed by atoms with Crippen molar-refractivity contribution in [2.75, 3.05) is 5.32 Å². The Morgan fingerprint density at radius 2 is 1.66 bits per heavy atom. The van der Waals surface area contributed by atoms with Crippen molar-refractivity contribution in [2.24, 2.45) is 0 Å². The molecule has 0 spiro atoms. The normalized spacial score (nSPS) is 11.6. The molecule has 0 saturated carbocycles. The first kappa shape index (κ1) is 22.1. The summed E-state index contributed by atoms with van der Waals surface area (Å²) in [5.74, 6) is -0.397. The highest BCUT2D eigenvalue weighted by molar-refractivity contribution is 7.90. The molecule has 5 nitrogen and oxygen atoms in total. The van der Waals surface area contributed by atoms with Gasteiger partial charge in [-0.25, -0.2) is 8.42 Å². The number of amides is 1. The van der Waals surface area contributed by atoms with Crippen LogP contribution in [0.5, 0.6) is 0 Å². The molecule has 0 fully saturated rings. The molecule has 0 aliphatic rings. The fourth-order valence-electron chi connectivity index (χ4n) is 3.64. The van der Waals surface area contributed by atoms with Gasteiger partial charge in [0.05, 0.1) is 21.4 Å². The van der Waals surface area contributed by atoms with Crippen LogP contribution in [0.2, 0.25) is 5.02 Å². The Morgan fingerprint density at radius 3 is 2.38 bits per heavy atom. The summed E-state index contributed by atoms with van der Waals surface area (Å²) in [5, 5.41) is 3.86. The number of rotatable bonds is 6. The lowest BCUT2D eigenvalue weighted by Gasteiger charge is -2.09. The van der Waals surface area contributed by atoms with Gasteiger partial charge in [0, 0.05) is 17.1 Å². The van der Waals surface area contributed by atoms with E-state index in [1.165, 1.54) is 0 Å². The summed E-state index contributed by atoms with van der Waals surface area (Å²) in [6.45, 7) is 3.84. The maximum atomic E-state index is 13.2. The van der Waals surface area contributed by atoms with Crippen molar-refractivity contribution in [2.45, 2.75) is 31.0 Å². The highest BCUT2D eigenvalue weighted by atomic mass is 35.5. The van der Waals surface area contributed by atoms with Gasteiger partial charge in [0.15, 0.2) is 9.84 Å². The molecule has 0 radical (unpaired) electrons. The number of hydrogen-bond acceptors (Lipinski definition) is 3. The number of nitrogens with zero attached hydrogens (tertiary/aromatic N) is 1. The van der Waals surface area contributed by atoms with Crippen LogP contribution in [0, 0.1) is 13.8 Å². The number of benzene rings is 3. The van der Waals surface area contributed by atoms with Crippen molar-refractivity contribution in [3.63, 3.8) is 0 Å². The van der Waals surface area contributed by atoms with E-state index in [1.54, 1.807) is 35.0 Å². The molecule has 32 heavy (non-hydrogen) atoms. The Kier molecular flexibility index (Phi) is 6.09. The second-order valence-corrected chi connectivity index (χ2v) is 10.3. The zero-order chi connectivity index (χ0) is 22.9. The van der Waals surface area contributed by atoms with Crippen molar-refractivity contribution in [1.29, 1.82) is 0 Å². The summed E-state index contributed by atoms with van der Waals surface area (Å²) < 4.78 is 28.1. The Bertz CT molecular complexity index is 1410. The molecule has 0 aliphatic heterocycles. The van der Waals surface area contributed by atoms with Crippen molar-refractivity contribution in [3.05, 3.63) is 94.6 Å². The highest BCUT2D eigenvalue weighted by Gasteiger charge is 2.22. The Hall–Kier alpha value is -3.09. The number of hydrogen-bond donors (Lipinski definition) is 1. The van der Waals surface area contributed by atoms with Crippen LogP contribution in [0.25, 0.3) is 10.9 Å². The number of anilines is 1. The first-order valence-electron chi connectivity index (χ1n) is 10.1. The van der Waals surface area contributed by atoms with E-state index in [0.717, 1.165) is 16.7 Å². The van der Waals surface area contributed by atoms with Crippen LogP contribution in [0.3, 0.4) is 0 Å². The molecule has 4 rings (SSSR count). The number of nitrogens with one attached hydrogen (secondary N) is 1. The molecule has 0 bridgehead atoms. The minimum Gasteiger partial charge on any atom is -0.337 e.